The molecular formula is C26H26N2O4. The summed E-state index contributed by atoms with van der Waals surface area (Å²) in [6.07, 6.45) is 1.97. The van der Waals surface area contributed by atoms with E-state index >= 15 is 0 Å². The fourth-order valence-electron chi connectivity index (χ4n) is 3.78. The molecule has 0 unspecified atom stereocenters. The van der Waals surface area contributed by atoms with E-state index in [1.165, 1.54) is 0 Å². The monoisotopic (exact) mass is 430 g/mol. The first-order valence-corrected chi connectivity index (χ1v) is 10.3. The molecule has 0 aliphatic heterocycles. The normalized spacial score (nSPS) is 11.7. The van der Waals surface area contributed by atoms with Gasteiger partial charge >= 0.3 is 0 Å². The van der Waals surface area contributed by atoms with Crippen LogP contribution in [0.5, 0.6) is 17.2 Å². The molecular weight excluding hydrogens is 404 g/mol. The number of benzene rings is 3. The number of amides is 1. The summed E-state index contributed by atoms with van der Waals surface area (Å²) in [6, 6.07) is 22.7. The number of hydrogen-bond acceptors (Lipinski definition) is 4. The summed E-state index contributed by atoms with van der Waals surface area (Å²) < 4.78 is 16.2. The molecule has 1 aromatic heterocycles. The number of aromatic nitrogens is 1. The summed E-state index contributed by atoms with van der Waals surface area (Å²) in [5.41, 5.74) is 3.03. The van der Waals surface area contributed by atoms with Crippen LogP contribution in [0.4, 0.5) is 0 Å². The SMILES string of the molecule is COc1ccc(OCC(=O)N(C)[C@@H](c2ccc(OC)cc2)c2c[nH]c3ccccc23)cc1. The number of aromatic amines is 1. The quantitative estimate of drug-likeness (QED) is 0.436. The Bertz CT molecular complexity index is 1180. The van der Waals surface area contributed by atoms with Gasteiger partial charge in [-0.2, -0.15) is 0 Å². The smallest absolute Gasteiger partial charge is 0.261 e. The van der Waals surface area contributed by atoms with Crippen molar-refractivity contribution in [1.82, 2.24) is 9.88 Å². The number of hydrogen-bond donors (Lipinski definition) is 1. The Labute approximate surface area is 187 Å². The maximum absolute atomic E-state index is 13.1. The molecule has 3 aromatic carbocycles. The van der Waals surface area contributed by atoms with Crippen molar-refractivity contribution in [3.8, 4) is 17.2 Å². The minimum Gasteiger partial charge on any atom is -0.497 e. The van der Waals surface area contributed by atoms with Gasteiger partial charge in [0, 0.05) is 29.7 Å². The lowest BCUT2D eigenvalue weighted by Crippen LogP contribution is -2.35. The van der Waals surface area contributed by atoms with E-state index in [1.807, 2.05) is 48.7 Å². The average molecular weight is 431 g/mol. The Morgan fingerprint density at radius 3 is 2.12 bits per heavy atom. The number of carbonyl (C=O) groups is 1. The second kappa shape index (κ2) is 9.47. The highest BCUT2D eigenvalue weighted by molar-refractivity contribution is 5.85. The Kier molecular flexibility index (Phi) is 6.31. The molecule has 32 heavy (non-hydrogen) atoms. The van der Waals surface area contributed by atoms with E-state index in [9.17, 15) is 4.79 Å². The first kappa shape index (κ1) is 21.3. The van der Waals surface area contributed by atoms with Crippen LogP contribution in [0, 0.1) is 0 Å². The molecule has 0 spiro atoms. The molecule has 0 bridgehead atoms. The molecule has 0 fully saturated rings. The van der Waals surface area contributed by atoms with Gasteiger partial charge in [-0.15, -0.1) is 0 Å². The molecule has 0 saturated heterocycles. The van der Waals surface area contributed by atoms with E-state index in [-0.39, 0.29) is 18.6 Å². The van der Waals surface area contributed by atoms with Gasteiger partial charge in [0.05, 0.1) is 20.3 Å². The van der Waals surface area contributed by atoms with Crippen molar-refractivity contribution in [2.75, 3.05) is 27.9 Å². The van der Waals surface area contributed by atoms with Crippen molar-refractivity contribution in [2.24, 2.45) is 0 Å². The van der Waals surface area contributed by atoms with Gasteiger partial charge in [0.15, 0.2) is 6.61 Å². The van der Waals surface area contributed by atoms with Gasteiger partial charge in [-0.3, -0.25) is 4.79 Å². The third kappa shape index (κ3) is 4.39. The van der Waals surface area contributed by atoms with Gasteiger partial charge in [-0.1, -0.05) is 30.3 Å². The topological polar surface area (TPSA) is 63.8 Å². The second-order valence-corrected chi connectivity index (χ2v) is 7.43. The summed E-state index contributed by atoms with van der Waals surface area (Å²) in [7, 11) is 5.05. The van der Waals surface area contributed by atoms with Crippen LogP contribution in [-0.2, 0) is 4.79 Å². The summed E-state index contributed by atoms with van der Waals surface area (Å²) in [5.74, 6) is 1.98. The number of likely N-dealkylation sites (N-methyl/N-ethyl adjacent to an activating group) is 1. The number of carbonyl (C=O) groups excluding carboxylic acids is 1. The fraction of sp³-hybridized carbons (Fsp3) is 0.192. The number of methoxy groups -OCH3 is 2. The lowest BCUT2D eigenvalue weighted by atomic mass is 9.96. The van der Waals surface area contributed by atoms with Crippen LogP contribution in [0.2, 0.25) is 0 Å². The van der Waals surface area contributed by atoms with Crippen molar-refractivity contribution in [3.05, 3.63) is 90.1 Å². The molecule has 6 nitrogen and oxygen atoms in total. The van der Waals surface area contributed by atoms with Gasteiger partial charge in [0.2, 0.25) is 0 Å². The van der Waals surface area contributed by atoms with E-state index in [4.69, 9.17) is 14.2 Å². The average Bonchev–Trinajstić information content (AvgIpc) is 3.27. The van der Waals surface area contributed by atoms with E-state index in [1.54, 1.807) is 50.4 Å². The molecule has 0 aliphatic carbocycles. The number of fused-ring (bicyclic) bond motifs is 1. The van der Waals surface area contributed by atoms with E-state index < -0.39 is 0 Å². The molecule has 1 N–H and O–H groups in total. The molecule has 1 atom stereocenters. The summed E-state index contributed by atoms with van der Waals surface area (Å²) >= 11 is 0. The lowest BCUT2D eigenvalue weighted by molar-refractivity contribution is -0.133. The molecule has 1 heterocycles. The Morgan fingerprint density at radius 2 is 1.47 bits per heavy atom. The van der Waals surface area contributed by atoms with Crippen molar-refractivity contribution in [1.29, 1.82) is 0 Å². The largest absolute Gasteiger partial charge is 0.497 e. The second-order valence-electron chi connectivity index (χ2n) is 7.43. The molecule has 4 rings (SSSR count). The molecule has 1 amide bonds. The molecule has 0 saturated carbocycles. The van der Waals surface area contributed by atoms with Crippen LogP contribution < -0.4 is 14.2 Å². The zero-order valence-electron chi connectivity index (χ0n) is 18.4. The molecule has 4 aromatic rings. The van der Waals surface area contributed by atoms with Gasteiger partial charge in [0.25, 0.3) is 5.91 Å². The Hall–Kier alpha value is -3.93. The van der Waals surface area contributed by atoms with E-state index in [0.717, 1.165) is 33.5 Å². The summed E-state index contributed by atoms with van der Waals surface area (Å²) in [5, 5.41) is 1.07. The maximum atomic E-state index is 13.1. The van der Waals surface area contributed by atoms with Gasteiger partial charge in [-0.25, -0.2) is 0 Å². The van der Waals surface area contributed by atoms with Crippen LogP contribution in [0.3, 0.4) is 0 Å². The Morgan fingerprint density at radius 1 is 0.875 bits per heavy atom. The first-order valence-electron chi connectivity index (χ1n) is 10.3. The third-order valence-corrected chi connectivity index (χ3v) is 5.55. The maximum Gasteiger partial charge on any atom is 0.261 e. The summed E-state index contributed by atoms with van der Waals surface area (Å²) in [6.45, 7) is -0.0716. The molecule has 6 heteroatoms. The van der Waals surface area contributed by atoms with Crippen molar-refractivity contribution in [3.63, 3.8) is 0 Å². The van der Waals surface area contributed by atoms with E-state index in [0.29, 0.717) is 5.75 Å². The minimum atomic E-state index is -0.288. The van der Waals surface area contributed by atoms with Crippen molar-refractivity contribution >= 4 is 16.8 Å². The van der Waals surface area contributed by atoms with Crippen molar-refractivity contribution < 1.29 is 19.0 Å². The molecule has 164 valence electrons. The Balaban J connectivity index is 1.61. The number of ether oxygens (including phenoxy) is 3. The highest BCUT2D eigenvalue weighted by atomic mass is 16.5. The number of nitrogens with zero attached hydrogens (tertiary/aromatic N) is 1. The number of rotatable bonds is 8. The number of para-hydroxylation sites is 1. The van der Waals surface area contributed by atoms with E-state index in [2.05, 4.69) is 11.1 Å². The lowest BCUT2D eigenvalue weighted by Gasteiger charge is -2.29. The van der Waals surface area contributed by atoms with Crippen LogP contribution in [0.15, 0.2) is 79.0 Å². The zero-order valence-corrected chi connectivity index (χ0v) is 18.4. The number of H-pyrrole nitrogens is 1. The zero-order chi connectivity index (χ0) is 22.5. The molecule has 0 aliphatic rings. The highest BCUT2D eigenvalue weighted by Gasteiger charge is 2.26. The van der Waals surface area contributed by atoms with Crippen LogP contribution >= 0.6 is 0 Å². The minimum absolute atomic E-state index is 0.0716. The van der Waals surface area contributed by atoms with Crippen LogP contribution in [0.25, 0.3) is 10.9 Å². The van der Waals surface area contributed by atoms with Crippen LogP contribution in [0.1, 0.15) is 17.2 Å². The van der Waals surface area contributed by atoms with Gasteiger partial charge < -0.3 is 24.1 Å². The fourth-order valence-corrected chi connectivity index (χ4v) is 3.78. The predicted octanol–water partition coefficient (Wildman–Crippen LogP) is 4.81. The highest BCUT2D eigenvalue weighted by Crippen LogP contribution is 2.34. The summed E-state index contributed by atoms with van der Waals surface area (Å²) in [4.78, 5) is 18.2. The third-order valence-electron chi connectivity index (χ3n) is 5.55. The van der Waals surface area contributed by atoms with Crippen LogP contribution in [-0.4, -0.2) is 43.7 Å². The van der Waals surface area contributed by atoms with Crippen molar-refractivity contribution in [2.45, 2.75) is 6.04 Å². The first-order chi connectivity index (χ1) is 15.6. The van der Waals surface area contributed by atoms with Gasteiger partial charge in [-0.05, 0) is 48.0 Å². The van der Waals surface area contributed by atoms with Gasteiger partial charge in [0.1, 0.15) is 17.2 Å². The number of nitrogens with one attached hydrogen (secondary N) is 1. The predicted molar refractivity (Wildman–Crippen MR) is 124 cm³/mol. The standard InChI is InChI=1S/C26H26N2O4/c1-28(25(29)17-32-21-14-12-20(31-3)13-15-21)26(18-8-10-19(30-2)11-9-18)23-16-27-24-7-5-4-6-22(23)24/h4-16,26-27H,17H2,1-3H3/t26-/m0/s1. The molecule has 0 radical (unpaired) electrons.